The number of carboxylic acid groups (broad SMARTS) is 1. The fourth-order valence-corrected chi connectivity index (χ4v) is 1.67. The minimum atomic E-state index is -1.25. The standard InChI is InChI=1S/C15H18N2O7/c1-4-23-9(2)17-24-8-13(18)16-12-6-10(14(19)20)5-11(7-12)15(21)22-3/h5-7H,4,8H2,1-3H3,(H,16,18)(H,19,20)/b17-9-. The molecule has 24 heavy (non-hydrogen) atoms. The van der Waals surface area contributed by atoms with Crippen molar-refractivity contribution in [2.45, 2.75) is 13.8 Å². The summed E-state index contributed by atoms with van der Waals surface area (Å²) in [6.07, 6.45) is 0. The number of carbonyl (C=O) groups excluding carboxylic acids is 2. The van der Waals surface area contributed by atoms with Crippen molar-refractivity contribution in [1.29, 1.82) is 0 Å². The highest BCUT2D eigenvalue weighted by Gasteiger charge is 2.14. The number of rotatable bonds is 7. The van der Waals surface area contributed by atoms with Gasteiger partial charge in [0.05, 0.1) is 24.8 Å². The van der Waals surface area contributed by atoms with Crippen LogP contribution in [0.4, 0.5) is 5.69 Å². The fraction of sp³-hybridized carbons (Fsp3) is 0.333. The minimum absolute atomic E-state index is 0.00108. The molecule has 0 bridgehead atoms. The van der Waals surface area contributed by atoms with Gasteiger partial charge in [-0.2, -0.15) is 0 Å². The molecule has 9 heteroatoms. The van der Waals surface area contributed by atoms with E-state index >= 15 is 0 Å². The lowest BCUT2D eigenvalue weighted by Crippen LogP contribution is -2.18. The number of oxime groups is 1. The van der Waals surface area contributed by atoms with Gasteiger partial charge in [-0.05, 0) is 25.1 Å². The molecule has 0 atom stereocenters. The molecule has 1 rings (SSSR count). The van der Waals surface area contributed by atoms with E-state index in [1.54, 1.807) is 13.8 Å². The molecule has 0 aliphatic rings. The van der Waals surface area contributed by atoms with E-state index in [0.717, 1.165) is 6.07 Å². The molecule has 2 N–H and O–H groups in total. The first-order valence-corrected chi connectivity index (χ1v) is 6.93. The van der Waals surface area contributed by atoms with Gasteiger partial charge < -0.3 is 24.7 Å². The predicted octanol–water partition coefficient (Wildman–Crippen LogP) is 1.50. The first-order valence-electron chi connectivity index (χ1n) is 6.93. The highest BCUT2D eigenvalue weighted by molar-refractivity contribution is 5.99. The molecule has 0 spiro atoms. The monoisotopic (exact) mass is 338 g/mol. The number of nitrogens with zero attached hydrogens (tertiary/aromatic N) is 1. The lowest BCUT2D eigenvalue weighted by atomic mass is 10.1. The quantitative estimate of drug-likeness (QED) is 0.334. The van der Waals surface area contributed by atoms with E-state index in [1.807, 2.05) is 0 Å². The number of hydrogen-bond donors (Lipinski definition) is 2. The molecule has 1 amide bonds. The van der Waals surface area contributed by atoms with Crippen LogP contribution in [0.25, 0.3) is 0 Å². The van der Waals surface area contributed by atoms with Crippen molar-refractivity contribution in [3.63, 3.8) is 0 Å². The largest absolute Gasteiger partial charge is 0.479 e. The Kier molecular flexibility index (Phi) is 7.21. The number of anilines is 1. The molecule has 0 saturated heterocycles. The fourth-order valence-electron chi connectivity index (χ4n) is 1.67. The predicted molar refractivity (Wildman–Crippen MR) is 84.1 cm³/mol. The first kappa shape index (κ1) is 18.9. The summed E-state index contributed by atoms with van der Waals surface area (Å²) in [6.45, 7) is 3.36. The van der Waals surface area contributed by atoms with Gasteiger partial charge in [0.25, 0.3) is 5.91 Å². The number of carboxylic acids is 1. The zero-order chi connectivity index (χ0) is 18.1. The molecule has 0 saturated carbocycles. The summed E-state index contributed by atoms with van der Waals surface area (Å²) in [5.41, 5.74) is -0.0485. The summed E-state index contributed by atoms with van der Waals surface area (Å²) >= 11 is 0. The first-order chi connectivity index (χ1) is 11.4. The van der Waals surface area contributed by atoms with Crippen molar-refractivity contribution in [3.8, 4) is 0 Å². The van der Waals surface area contributed by atoms with E-state index in [0.29, 0.717) is 6.61 Å². The van der Waals surface area contributed by atoms with Gasteiger partial charge in [-0.3, -0.25) is 4.79 Å². The Hall–Kier alpha value is -3.10. The molecule has 0 heterocycles. The van der Waals surface area contributed by atoms with Gasteiger partial charge in [-0.1, -0.05) is 5.16 Å². The van der Waals surface area contributed by atoms with E-state index in [2.05, 4.69) is 15.2 Å². The van der Waals surface area contributed by atoms with Crippen molar-refractivity contribution < 1.29 is 33.8 Å². The molecule has 0 aliphatic heterocycles. The number of nitrogens with one attached hydrogen (secondary N) is 1. The molecule has 9 nitrogen and oxygen atoms in total. The van der Waals surface area contributed by atoms with E-state index in [4.69, 9.17) is 14.7 Å². The third-order valence-corrected chi connectivity index (χ3v) is 2.63. The van der Waals surface area contributed by atoms with Crippen molar-refractivity contribution in [2.24, 2.45) is 5.16 Å². The SMILES string of the molecule is CCO/C(C)=N\OCC(=O)Nc1cc(C(=O)O)cc(C(=O)OC)c1. The highest BCUT2D eigenvalue weighted by atomic mass is 16.6. The van der Waals surface area contributed by atoms with Gasteiger partial charge >= 0.3 is 11.9 Å². The molecule has 130 valence electrons. The summed E-state index contributed by atoms with van der Waals surface area (Å²) in [5, 5.41) is 15.0. The Morgan fingerprint density at radius 3 is 2.46 bits per heavy atom. The van der Waals surface area contributed by atoms with Crippen LogP contribution < -0.4 is 5.32 Å². The topological polar surface area (TPSA) is 124 Å². The van der Waals surface area contributed by atoms with Gasteiger partial charge in [-0.25, -0.2) is 9.59 Å². The second kappa shape index (κ2) is 9.13. The normalized spacial score (nSPS) is 10.7. The summed E-state index contributed by atoms with van der Waals surface area (Å²) in [4.78, 5) is 39.2. The van der Waals surface area contributed by atoms with Crippen LogP contribution in [0, 0.1) is 0 Å². The molecule has 0 radical (unpaired) electrons. The van der Waals surface area contributed by atoms with E-state index in [-0.39, 0.29) is 22.7 Å². The summed E-state index contributed by atoms with van der Waals surface area (Å²) in [7, 11) is 1.17. The Morgan fingerprint density at radius 2 is 1.88 bits per heavy atom. The van der Waals surface area contributed by atoms with E-state index < -0.39 is 24.5 Å². The zero-order valence-electron chi connectivity index (χ0n) is 13.5. The number of esters is 1. The van der Waals surface area contributed by atoms with Crippen LogP contribution >= 0.6 is 0 Å². The average Bonchev–Trinajstić information content (AvgIpc) is 2.53. The van der Waals surface area contributed by atoms with E-state index in [1.165, 1.54) is 19.2 Å². The smallest absolute Gasteiger partial charge is 0.337 e. The molecular weight excluding hydrogens is 320 g/mol. The van der Waals surface area contributed by atoms with Crippen LogP contribution in [0.2, 0.25) is 0 Å². The number of amides is 1. The van der Waals surface area contributed by atoms with Crippen LogP contribution in [-0.2, 0) is 19.1 Å². The van der Waals surface area contributed by atoms with Gasteiger partial charge in [-0.15, -0.1) is 0 Å². The maximum Gasteiger partial charge on any atom is 0.337 e. The Morgan fingerprint density at radius 1 is 1.21 bits per heavy atom. The average molecular weight is 338 g/mol. The molecular formula is C15H18N2O7. The third-order valence-electron chi connectivity index (χ3n) is 2.63. The molecule has 0 unspecified atom stereocenters. The lowest BCUT2D eigenvalue weighted by Gasteiger charge is -2.08. The number of aromatic carboxylic acids is 1. The number of hydrogen-bond acceptors (Lipinski definition) is 7. The Labute approximate surface area is 138 Å². The van der Waals surface area contributed by atoms with Gasteiger partial charge in [0.1, 0.15) is 0 Å². The van der Waals surface area contributed by atoms with Gasteiger partial charge in [0.15, 0.2) is 6.61 Å². The maximum atomic E-state index is 11.8. The second-order valence-electron chi connectivity index (χ2n) is 4.46. The molecule has 1 aromatic rings. The number of benzene rings is 1. The third kappa shape index (κ3) is 5.95. The second-order valence-corrected chi connectivity index (χ2v) is 4.46. The summed E-state index contributed by atoms with van der Waals surface area (Å²) in [6, 6.07) is 3.66. The van der Waals surface area contributed by atoms with Gasteiger partial charge in [0, 0.05) is 12.6 Å². The molecule has 1 aromatic carbocycles. The highest BCUT2D eigenvalue weighted by Crippen LogP contribution is 2.16. The maximum absolute atomic E-state index is 11.8. The number of carbonyl (C=O) groups is 3. The molecule has 0 aliphatic carbocycles. The Balaban J connectivity index is 2.80. The van der Waals surface area contributed by atoms with Crippen molar-refractivity contribution in [1.82, 2.24) is 0 Å². The lowest BCUT2D eigenvalue weighted by molar-refractivity contribution is -0.120. The van der Waals surface area contributed by atoms with Crippen molar-refractivity contribution >= 4 is 29.4 Å². The summed E-state index contributed by atoms with van der Waals surface area (Å²) < 4.78 is 9.56. The van der Waals surface area contributed by atoms with Crippen molar-refractivity contribution in [3.05, 3.63) is 29.3 Å². The minimum Gasteiger partial charge on any atom is -0.479 e. The van der Waals surface area contributed by atoms with Crippen LogP contribution in [0.3, 0.4) is 0 Å². The van der Waals surface area contributed by atoms with Crippen molar-refractivity contribution in [2.75, 3.05) is 25.6 Å². The number of ether oxygens (including phenoxy) is 2. The van der Waals surface area contributed by atoms with Gasteiger partial charge in [0.2, 0.25) is 5.90 Å². The molecule has 0 fully saturated rings. The van der Waals surface area contributed by atoms with E-state index in [9.17, 15) is 14.4 Å². The number of methoxy groups -OCH3 is 1. The molecule has 0 aromatic heterocycles. The van der Waals surface area contributed by atoms with Crippen LogP contribution in [-0.4, -0.2) is 49.2 Å². The van der Waals surface area contributed by atoms with Crippen LogP contribution in [0.15, 0.2) is 23.4 Å². The zero-order valence-corrected chi connectivity index (χ0v) is 13.5. The Bertz CT molecular complexity index is 655. The summed E-state index contributed by atoms with van der Waals surface area (Å²) in [5.74, 6) is -2.28. The van der Waals surface area contributed by atoms with Crippen LogP contribution in [0.5, 0.6) is 0 Å². The van der Waals surface area contributed by atoms with Crippen LogP contribution in [0.1, 0.15) is 34.6 Å².